The van der Waals surface area contributed by atoms with E-state index in [4.69, 9.17) is 12.2 Å². The number of carbonyl (C=O) groups is 1. The Morgan fingerprint density at radius 1 is 1.24 bits per heavy atom. The molecule has 0 unspecified atom stereocenters. The Hall–Kier alpha value is -2.47. The van der Waals surface area contributed by atoms with E-state index in [1.54, 1.807) is 30.3 Å². The largest absolute Gasteiger partial charge is 0.338 e. The summed E-state index contributed by atoms with van der Waals surface area (Å²) in [5, 5.41) is 0.435. The van der Waals surface area contributed by atoms with Crippen LogP contribution in [0.25, 0.3) is 11.0 Å². The lowest BCUT2D eigenvalue weighted by atomic mass is 10.1. The average Bonchev–Trinajstić information content (AvgIpc) is 2.92. The van der Waals surface area contributed by atoms with Gasteiger partial charge in [-0.2, -0.15) is 0 Å². The van der Waals surface area contributed by atoms with Crippen LogP contribution >= 0.6 is 12.2 Å². The summed E-state index contributed by atoms with van der Waals surface area (Å²) in [6.45, 7) is 2.33. The van der Waals surface area contributed by atoms with Gasteiger partial charge in [-0.25, -0.2) is 0 Å². The minimum atomic E-state index is -0.195. The molecule has 3 rings (SSSR count). The summed E-state index contributed by atoms with van der Waals surface area (Å²) in [4.78, 5) is 30.6. The normalized spacial score (nSPS) is 10.9. The van der Waals surface area contributed by atoms with Crippen LogP contribution in [0.3, 0.4) is 0 Å². The first kappa shape index (κ1) is 13.5. The van der Waals surface area contributed by atoms with Crippen molar-refractivity contribution in [3.05, 3.63) is 62.8 Å². The monoisotopic (exact) mass is 299 g/mol. The summed E-state index contributed by atoms with van der Waals surface area (Å²) < 4.78 is 1.80. The lowest BCUT2D eigenvalue weighted by Crippen LogP contribution is -2.20. The summed E-state index contributed by atoms with van der Waals surface area (Å²) in [5.41, 5.74) is 1.22. The second kappa shape index (κ2) is 5.14. The fourth-order valence-electron chi connectivity index (χ4n) is 2.29. The Balaban J connectivity index is 2.19. The van der Waals surface area contributed by atoms with Gasteiger partial charge < -0.3 is 9.97 Å². The number of ketones is 1. The van der Waals surface area contributed by atoms with Crippen LogP contribution < -0.4 is 5.56 Å². The molecule has 0 aliphatic rings. The van der Waals surface area contributed by atoms with Gasteiger partial charge in [-0.1, -0.05) is 30.3 Å². The van der Waals surface area contributed by atoms with Gasteiger partial charge in [0.15, 0.2) is 4.77 Å². The van der Waals surface area contributed by atoms with Gasteiger partial charge in [-0.3, -0.25) is 14.2 Å². The molecule has 0 spiro atoms. The van der Waals surface area contributed by atoms with E-state index in [0.29, 0.717) is 33.6 Å². The van der Waals surface area contributed by atoms with Gasteiger partial charge in [-0.15, -0.1) is 0 Å². The highest BCUT2D eigenvalue weighted by molar-refractivity contribution is 7.71. The first-order valence-corrected chi connectivity index (χ1v) is 6.98. The highest BCUT2D eigenvalue weighted by atomic mass is 32.1. The van der Waals surface area contributed by atoms with Crippen LogP contribution in [0.2, 0.25) is 0 Å². The van der Waals surface area contributed by atoms with E-state index in [1.807, 2.05) is 13.0 Å². The van der Waals surface area contributed by atoms with Crippen molar-refractivity contribution in [1.29, 1.82) is 0 Å². The Kier molecular flexibility index (Phi) is 3.31. The minimum absolute atomic E-state index is 0.159. The molecule has 0 radical (unpaired) electrons. The molecule has 21 heavy (non-hydrogen) atoms. The summed E-state index contributed by atoms with van der Waals surface area (Å²) in [6.07, 6.45) is 0. The molecule has 2 N–H and O–H groups in total. The predicted octanol–water partition coefficient (Wildman–Crippen LogP) is 2.64. The number of H-pyrrole nitrogens is 2. The van der Waals surface area contributed by atoms with Crippen LogP contribution in [-0.4, -0.2) is 20.3 Å². The SMILES string of the molecule is CCn1c(=S)[nH]c2[nH]c(C(=O)c3ccccc3)cc2c1=O. The van der Waals surface area contributed by atoms with E-state index in [0.717, 1.165) is 0 Å². The first-order chi connectivity index (χ1) is 10.1. The van der Waals surface area contributed by atoms with Crippen molar-refractivity contribution in [2.75, 3.05) is 0 Å². The number of hydrogen-bond acceptors (Lipinski definition) is 3. The summed E-state index contributed by atoms with van der Waals surface area (Å²) in [6, 6.07) is 10.5. The molecule has 6 heteroatoms. The number of hydrogen-bond donors (Lipinski definition) is 2. The van der Waals surface area contributed by atoms with Crippen molar-refractivity contribution < 1.29 is 4.79 Å². The van der Waals surface area contributed by atoms with E-state index < -0.39 is 0 Å². The van der Waals surface area contributed by atoms with Crippen LogP contribution in [0.4, 0.5) is 0 Å². The number of nitrogens with one attached hydrogen (secondary N) is 2. The summed E-state index contributed by atoms with van der Waals surface area (Å²) in [5.74, 6) is -0.159. The zero-order chi connectivity index (χ0) is 15.0. The molecule has 0 bridgehead atoms. The maximum atomic E-state index is 12.4. The molecule has 2 aromatic heterocycles. The fraction of sp³-hybridized carbons (Fsp3) is 0.133. The molecular weight excluding hydrogens is 286 g/mol. The van der Waals surface area contributed by atoms with Crippen LogP contribution in [0, 0.1) is 4.77 Å². The quantitative estimate of drug-likeness (QED) is 0.577. The molecule has 0 atom stereocenters. The Morgan fingerprint density at radius 2 is 1.95 bits per heavy atom. The van der Waals surface area contributed by atoms with Crippen LogP contribution in [0.5, 0.6) is 0 Å². The number of rotatable bonds is 3. The topological polar surface area (TPSA) is 70.7 Å². The van der Waals surface area contributed by atoms with Gasteiger partial charge in [0.25, 0.3) is 5.56 Å². The van der Waals surface area contributed by atoms with Crippen molar-refractivity contribution in [2.24, 2.45) is 0 Å². The smallest absolute Gasteiger partial charge is 0.263 e. The van der Waals surface area contributed by atoms with Crippen LogP contribution in [0.15, 0.2) is 41.2 Å². The van der Waals surface area contributed by atoms with Crippen LogP contribution in [-0.2, 0) is 6.54 Å². The number of carbonyl (C=O) groups excluding carboxylic acids is 1. The zero-order valence-corrected chi connectivity index (χ0v) is 12.2. The molecule has 0 amide bonds. The highest BCUT2D eigenvalue weighted by Gasteiger charge is 2.14. The minimum Gasteiger partial charge on any atom is -0.338 e. The number of nitrogens with zero attached hydrogens (tertiary/aromatic N) is 1. The van der Waals surface area contributed by atoms with Crippen molar-refractivity contribution in [1.82, 2.24) is 14.5 Å². The molecule has 0 saturated carbocycles. The van der Waals surface area contributed by atoms with Gasteiger partial charge in [0.2, 0.25) is 5.78 Å². The fourth-order valence-corrected chi connectivity index (χ4v) is 2.60. The summed E-state index contributed by atoms with van der Waals surface area (Å²) in [7, 11) is 0. The third kappa shape index (κ3) is 2.23. The molecular formula is C15H13N3O2S. The molecule has 5 nitrogen and oxygen atoms in total. The second-order valence-electron chi connectivity index (χ2n) is 4.65. The van der Waals surface area contributed by atoms with E-state index >= 15 is 0 Å². The molecule has 0 aliphatic carbocycles. The lowest BCUT2D eigenvalue weighted by Gasteiger charge is -2.01. The third-order valence-electron chi connectivity index (χ3n) is 3.37. The number of fused-ring (bicyclic) bond motifs is 1. The van der Waals surface area contributed by atoms with Crippen molar-refractivity contribution in [3.8, 4) is 0 Å². The second-order valence-corrected chi connectivity index (χ2v) is 5.03. The molecule has 0 aliphatic heterocycles. The third-order valence-corrected chi connectivity index (χ3v) is 3.69. The zero-order valence-electron chi connectivity index (χ0n) is 11.3. The first-order valence-electron chi connectivity index (χ1n) is 6.57. The van der Waals surface area contributed by atoms with Crippen LogP contribution in [0.1, 0.15) is 23.0 Å². The molecule has 0 saturated heterocycles. The molecule has 106 valence electrons. The summed E-state index contributed by atoms with van der Waals surface area (Å²) >= 11 is 5.14. The molecule has 1 aromatic carbocycles. The maximum absolute atomic E-state index is 12.4. The van der Waals surface area contributed by atoms with Gasteiger partial charge >= 0.3 is 0 Å². The van der Waals surface area contributed by atoms with Crippen molar-refractivity contribution in [3.63, 3.8) is 0 Å². The van der Waals surface area contributed by atoms with E-state index in [1.165, 1.54) is 4.57 Å². The highest BCUT2D eigenvalue weighted by Crippen LogP contribution is 2.13. The van der Waals surface area contributed by atoms with Gasteiger partial charge in [0, 0.05) is 12.1 Å². The van der Waals surface area contributed by atoms with E-state index in [2.05, 4.69) is 9.97 Å². The van der Waals surface area contributed by atoms with Gasteiger partial charge in [0.1, 0.15) is 5.65 Å². The molecule has 3 aromatic rings. The average molecular weight is 299 g/mol. The van der Waals surface area contributed by atoms with Gasteiger partial charge in [-0.05, 0) is 25.2 Å². The predicted molar refractivity (Wildman–Crippen MR) is 83.3 cm³/mol. The maximum Gasteiger partial charge on any atom is 0.263 e. The van der Waals surface area contributed by atoms with Crippen molar-refractivity contribution >= 4 is 29.0 Å². The lowest BCUT2D eigenvalue weighted by molar-refractivity contribution is 0.103. The van der Waals surface area contributed by atoms with E-state index in [-0.39, 0.29) is 11.3 Å². The molecule has 0 fully saturated rings. The standard InChI is InChI=1S/C15H13N3O2S/c1-2-18-14(20)10-8-11(16-13(10)17-15(18)21)12(19)9-6-4-3-5-7-9/h3-8,16H,2H2,1H3,(H,17,21). The molecule has 2 heterocycles. The Morgan fingerprint density at radius 3 is 2.62 bits per heavy atom. The number of aromatic amines is 2. The Bertz CT molecular complexity index is 935. The number of aromatic nitrogens is 3. The van der Waals surface area contributed by atoms with Gasteiger partial charge in [0.05, 0.1) is 11.1 Å². The van der Waals surface area contributed by atoms with Crippen molar-refractivity contribution in [2.45, 2.75) is 13.5 Å². The van der Waals surface area contributed by atoms with E-state index in [9.17, 15) is 9.59 Å². The Labute approximate surface area is 125 Å². The number of benzene rings is 1.